The van der Waals surface area contributed by atoms with E-state index in [1.807, 2.05) is 0 Å². The molecule has 24 heavy (non-hydrogen) atoms. The van der Waals surface area contributed by atoms with Crippen molar-refractivity contribution in [2.24, 2.45) is 0 Å². The smallest absolute Gasteiger partial charge is 0.867 e. The van der Waals surface area contributed by atoms with Crippen molar-refractivity contribution < 1.29 is 236 Å². The first kappa shape index (κ1) is 78.2. The number of hydrogen-bond donors (Lipinski definition) is 0. The van der Waals surface area contributed by atoms with Crippen molar-refractivity contribution in [3.05, 3.63) is 0 Å². The zero-order valence-corrected chi connectivity index (χ0v) is 26.8. The summed E-state index contributed by atoms with van der Waals surface area (Å²) >= 11 is 0. The second kappa shape index (κ2) is 70.3. The predicted molar refractivity (Wildman–Crippen MR) is 27.4 cm³/mol. The van der Waals surface area contributed by atoms with E-state index < -0.39 is 29.6 Å². The summed E-state index contributed by atoms with van der Waals surface area (Å²) in [6.45, 7) is 0. The number of hydrogen-bond acceptors (Lipinski definition) is 8. The Hall–Kier alpha value is 5.58. The maximum absolute atomic E-state index is 9.89. The molecule has 0 aromatic heterocycles. The molecule has 0 rings (SSSR count). The molecular weight excluding hydrogens is 1820 g/mol. The van der Waals surface area contributed by atoms with Gasteiger partial charge in [-0.2, -0.15) is 0 Å². The summed E-state index contributed by atoms with van der Waals surface area (Å²) in [7, 11) is -12.7. The minimum atomic E-state index is -3.17. The molecule has 0 saturated carbocycles. The Morgan fingerprint density at radius 1 is 0.292 bits per heavy atom. The molecule has 0 saturated heterocycles. The van der Waals surface area contributed by atoms with E-state index >= 15 is 0 Å². The molecule has 0 aliphatic heterocycles. The minimum Gasteiger partial charge on any atom is -0.867 e. The normalized spacial score (nSPS) is 4.50. The van der Waals surface area contributed by atoms with Crippen LogP contribution in [-0.2, 0) is 179 Å². The molecule has 0 aromatic rings. The molecule has 8 nitrogen and oxygen atoms in total. The van der Waals surface area contributed by atoms with E-state index in [0.717, 1.165) is 0 Å². The average Bonchev–Trinajstić information content (AvgIpc) is 1.76. The van der Waals surface area contributed by atoms with Crippen LogP contribution in [0.5, 0.6) is 0 Å². The monoisotopic (exact) mass is 1820 g/mol. The standard InChI is InChI=1S/8Au.4BFO2/c;;;;;;;;4*2-1(3)4/q8*+1;4*-2. The van der Waals surface area contributed by atoms with Gasteiger partial charge < -0.3 is 57.5 Å². The van der Waals surface area contributed by atoms with E-state index in [-0.39, 0.29) is 179 Å². The van der Waals surface area contributed by atoms with Gasteiger partial charge in [-0.25, -0.2) is 0 Å². The molecule has 0 atom stereocenters. The van der Waals surface area contributed by atoms with Gasteiger partial charge in [0.05, 0.1) is 0 Å². The second-order valence-electron chi connectivity index (χ2n) is 1.10. The molecular formula is Au8B4F4O8. The Morgan fingerprint density at radius 2 is 0.292 bits per heavy atom. The van der Waals surface area contributed by atoms with Crippen molar-refractivity contribution in [2.45, 2.75) is 0 Å². The summed E-state index contributed by atoms with van der Waals surface area (Å²) in [4.78, 5) is 0. The maximum atomic E-state index is 9.89. The van der Waals surface area contributed by atoms with Crippen molar-refractivity contribution in [1.82, 2.24) is 0 Å². The van der Waals surface area contributed by atoms with Crippen molar-refractivity contribution in [3.63, 3.8) is 0 Å². The first-order chi connectivity index (χ1) is 6.93. The van der Waals surface area contributed by atoms with Gasteiger partial charge in [-0.15, -0.1) is 0 Å². The molecule has 0 aliphatic rings. The third-order valence-corrected chi connectivity index (χ3v) is 0. The van der Waals surface area contributed by atoms with Gasteiger partial charge in [-0.1, -0.05) is 0 Å². The Kier molecular flexibility index (Phi) is 229. The van der Waals surface area contributed by atoms with Crippen LogP contribution >= 0.6 is 0 Å². The molecule has 0 aliphatic carbocycles. The predicted octanol–water partition coefficient (Wildman–Crippen LogP) is -9.37. The van der Waals surface area contributed by atoms with Crippen LogP contribution in [0.1, 0.15) is 0 Å². The average molecular weight is 1820 g/mol. The molecule has 0 fully saturated rings. The van der Waals surface area contributed by atoms with Gasteiger partial charge in [0.25, 0.3) is 0 Å². The summed E-state index contributed by atoms with van der Waals surface area (Å²) in [5.41, 5.74) is 0. The molecule has 0 spiro atoms. The van der Waals surface area contributed by atoms with Crippen molar-refractivity contribution in [3.8, 4) is 0 Å². The van der Waals surface area contributed by atoms with Crippen LogP contribution in [0.4, 0.5) is 17.3 Å². The molecule has 0 unspecified atom stereocenters. The maximum Gasteiger partial charge on any atom is 1.00 e. The van der Waals surface area contributed by atoms with Crippen LogP contribution < -0.4 is 40.2 Å². The van der Waals surface area contributed by atoms with Gasteiger partial charge in [-0.3, -0.25) is 0 Å². The second-order valence-corrected chi connectivity index (χ2v) is 1.10. The van der Waals surface area contributed by atoms with E-state index in [4.69, 9.17) is 40.2 Å². The Morgan fingerprint density at radius 3 is 0.292 bits per heavy atom. The van der Waals surface area contributed by atoms with Gasteiger partial charge in [0.15, 0.2) is 0 Å². The number of halogens is 4. The Bertz CT molecular complexity index is 89.1. The van der Waals surface area contributed by atoms with Crippen LogP contribution in [0, 0.1) is 0 Å². The molecule has 0 aromatic carbocycles. The van der Waals surface area contributed by atoms with Gasteiger partial charge in [0, 0.05) is 0 Å². The van der Waals surface area contributed by atoms with E-state index in [1.165, 1.54) is 0 Å². The van der Waals surface area contributed by atoms with Crippen molar-refractivity contribution in [1.29, 1.82) is 0 Å². The first-order valence-electron chi connectivity index (χ1n) is 2.76. The Labute approximate surface area is 261 Å². The fraction of sp³-hybridized carbons (Fsp3) is 0. The van der Waals surface area contributed by atoms with Crippen LogP contribution in [0.3, 0.4) is 0 Å². The molecule has 0 radical (unpaired) electrons. The largest absolute Gasteiger partial charge is 1.00 e. The molecule has 0 N–H and O–H groups in total. The fourth-order valence-corrected chi connectivity index (χ4v) is 0. The SMILES string of the molecule is [Au+].[Au+].[Au+].[Au+].[Au+].[Au+].[Au+].[Au+].[O-]B([O-])F.[O-]B([O-])F.[O-]B([O-])F.[O-]B([O-])F. The topological polar surface area (TPSA) is 184 Å². The van der Waals surface area contributed by atoms with Crippen molar-refractivity contribution >= 4 is 29.6 Å². The van der Waals surface area contributed by atoms with Gasteiger partial charge in [0.2, 0.25) is 0 Å². The molecule has 0 amide bonds. The number of rotatable bonds is 0. The van der Waals surface area contributed by atoms with E-state index in [0.29, 0.717) is 0 Å². The van der Waals surface area contributed by atoms with Crippen LogP contribution in [0.25, 0.3) is 0 Å². The molecule has 0 heterocycles. The summed E-state index contributed by atoms with van der Waals surface area (Å²) < 4.78 is 39.6. The first-order valence-corrected chi connectivity index (χ1v) is 2.76. The summed E-state index contributed by atoms with van der Waals surface area (Å²) in [6.07, 6.45) is 0. The summed E-state index contributed by atoms with van der Waals surface area (Å²) in [5.74, 6) is 0. The van der Waals surface area contributed by atoms with Gasteiger partial charge >= 0.3 is 179 Å². The molecule has 0 bridgehead atoms. The van der Waals surface area contributed by atoms with Gasteiger partial charge in [-0.05, 0) is 0 Å². The fourth-order valence-electron chi connectivity index (χ4n) is 0. The third kappa shape index (κ3) is 626. The zero-order chi connectivity index (χ0) is 14.3. The van der Waals surface area contributed by atoms with E-state index in [1.54, 1.807) is 0 Å². The summed E-state index contributed by atoms with van der Waals surface area (Å²) in [5, 5.41) is 66.4. The summed E-state index contributed by atoms with van der Waals surface area (Å²) in [6, 6.07) is 0. The van der Waals surface area contributed by atoms with Gasteiger partial charge in [0.1, 0.15) is 29.6 Å². The zero-order valence-electron chi connectivity index (χ0n) is 9.50. The Balaban J connectivity index is -0.00000000720. The van der Waals surface area contributed by atoms with Crippen LogP contribution in [0.15, 0.2) is 0 Å². The molecule has 24 heteroatoms. The molecule has 176 valence electrons. The minimum absolute atomic E-state index is 0. The van der Waals surface area contributed by atoms with E-state index in [9.17, 15) is 17.3 Å². The van der Waals surface area contributed by atoms with E-state index in [2.05, 4.69) is 0 Å². The third-order valence-electron chi connectivity index (χ3n) is 0. The van der Waals surface area contributed by atoms with Crippen molar-refractivity contribution in [2.75, 3.05) is 0 Å². The van der Waals surface area contributed by atoms with Crippen LogP contribution in [0.2, 0.25) is 0 Å². The van der Waals surface area contributed by atoms with Crippen LogP contribution in [-0.4, -0.2) is 29.6 Å². The quantitative estimate of drug-likeness (QED) is 0.169.